The first-order valence-corrected chi connectivity index (χ1v) is 7.15. The van der Waals surface area contributed by atoms with Crippen molar-refractivity contribution in [1.82, 2.24) is 4.98 Å². The molecule has 0 aliphatic carbocycles. The number of aromatic hydroxyl groups is 1. The Morgan fingerprint density at radius 2 is 2.26 bits per heavy atom. The highest BCUT2D eigenvalue weighted by Gasteiger charge is 2.19. The van der Waals surface area contributed by atoms with Gasteiger partial charge in [0, 0.05) is 21.3 Å². The zero-order valence-corrected chi connectivity index (χ0v) is 12.3. The van der Waals surface area contributed by atoms with Crippen LogP contribution in [0.4, 0.5) is 5.69 Å². The Labute approximate surface area is 121 Å². The molecule has 96 valence electrons. The summed E-state index contributed by atoms with van der Waals surface area (Å²) in [5, 5.41) is 9.64. The van der Waals surface area contributed by atoms with E-state index in [9.17, 15) is 9.90 Å². The monoisotopic (exact) mass is 336 g/mol. The standard InChI is InChI=1S/C13H9BrN2O2S/c1-6-8(5-11-12(17)16-13(18)19-11)9-4-7(14)2-3-10(9)15-6/h2-5,17H,1H3,(H,16,18)/b8-5+. The number of rotatable bonds is 1. The fourth-order valence-corrected chi connectivity index (χ4v) is 3.03. The lowest BCUT2D eigenvalue weighted by atomic mass is 10.0. The van der Waals surface area contributed by atoms with Crippen molar-refractivity contribution in [3.05, 3.63) is 42.8 Å². The largest absolute Gasteiger partial charge is 0.493 e. The molecule has 2 N–H and O–H groups in total. The van der Waals surface area contributed by atoms with Crippen molar-refractivity contribution in [2.24, 2.45) is 4.99 Å². The van der Waals surface area contributed by atoms with E-state index >= 15 is 0 Å². The second-order valence-corrected chi connectivity index (χ2v) is 6.07. The van der Waals surface area contributed by atoms with Gasteiger partial charge in [-0.15, -0.1) is 0 Å². The number of hydrogen-bond donors (Lipinski definition) is 2. The summed E-state index contributed by atoms with van der Waals surface area (Å²) in [4.78, 5) is 18.3. The summed E-state index contributed by atoms with van der Waals surface area (Å²) in [5.74, 6) is -0.0984. The Balaban J connectivity index is 2.17. The molecule has 0 fully saturated rings. The molecule has 0 unspecified atom stereocenters. The van der Waals surface area contributed by atoms with Gasteiger partial charge >= 0.3 is 4.87 Å². The number of benzene rings is 1. The first-order valence-electron chi connectivity index (χ1n) is 5.54. The first kappa shape index (κ1) is 12.4. The van der Waals surface area contributed by atoms with Gasteiger partial charge in [0.15, 0.2) is 0 Å². The molecule has 4 nitrogen and oxygen atoms in total. The summed E-state index contributed by atoms with van der Waals surface area (Å²) in [7, 11) is 0. The predicted molar refractivity (Wildman–Crippen MR) is 81.4 cm³/mol. The van der Waals surface area contributed by atoms with Crippen LogP contribution in [0.15, 0.2) is 32.5 Å². The van der Waals surface area contributed by atoms with Crippen molar-refractivity contribution in [2.45, 2.75) is 6.92 Å². The Morgan fingerprint density at radius 1 is 1.47 bits per heavy atom. The molecule has 3 rings (SSSR count). The van der Waals surface area contributed by atoms with Crippen LogP contribution in [0.1, 0.15) is 17.4 Å². The van der Waals surface area contributed by atoms with Crippen molar-refractivity contribution >= 4 is 50.3 Å². The third-order valence-electron chi connectivity index (χ3n) is 2.86. The maximum atomic E-state index is 11.2. The van der Waals surface area contributed by atoms with E-state index < -0.39 is 0 Å². The lowest BCUT2D eigenvalue weighted by molar-refractivity contribution is 0.455. The van der Waals surface area contributed by atoms with Crippen LogP contribution < -0.4 is 4.87 Å². The average Bonchev–Trinajstić information content (AvgIpc) is 2.81. The molecule has 19 heavy (non-hydrogen) atoms. The summed E-state index contributed by atoms with van der Waals surface area (Å²) >= 11 is 4.41. The number of aliphatic imine (C=N–C) groups is 1. The smallest absolute Gasteiger partial charge is 0.307 e. The molecule has 0 spiro atoms. The number of nitrogens with zero attached hydrogens (tertiary/aromatic N) is 1. The van der Waals surface area contributed by atoms with Crippen LogP contribution in [0.5, 0.6) is 5.88 Å². The van der Waals surface area contributed by atoms with Gasteiger partial charge < -0.3 is 5.11 Å². The van der Waals surface area contributed by atoms with Gasteiger partial charge in [0.05, 0.1) is 10.6 Å². The summed E-state index contributed by atoms with van der Waals surface area (Å²) in [6, 6.07) is 5.85. The molecule has 1 aliphatic heterocycles. The number of allylic oxidation sites excluding steroid dienone is 1. The van der Waals surface area contributed by atoms with E-state index in [1.54, 1.807) is 6.08 Å². The Morgan fingerprint density at radius 3 is 2.95 bits per heavy atom. The molecular weight excluding hydrogens is 328 g/mol. The molecule has 0 saturated carbocycles. The van der Waals surface area contributed by atoms with Gasteiger partial charge in [-0.25, -0.2) is 0 Å². The summed E-state index contributed by atoms with van der Waals surface area (Å²) in [6.45, 7) is 1.91. The molecule has 2 heterocycles. The zero-order valence-electron chi connectivity index (χ0n) is 9.90. The van der Waals surface area contributed by atoms with E-state index in [0.717, 1.165) is 38.3 Å². The molecule has 6 heteroatoms. The van der Waals surface area contributed by atoms with Gasteiger partial charge in [0.1, 0.15) is 0 Å². The molecule has 0 bridgehead atoms. The van der Waals surface area contributed by atoms with E-state index in [4.69, 9.17) is 0 Å². The van der Waals surface area contributed by atoms with Crippen molar-refractivity contribution in [3.8, 4) is 5.88 Å². The molecule has 0 atom stereocenters. The van der Waals surface area contributed by atoms with E-state index in [1.807, 2.05) is 25.1 Å². The molecule has 1 aromatic heterocycles. The minimum absolute atomic E-state index is 0.0984. The topological polar surface area (TPSA) is 65.5 Å². The van der Waals surface area contributed by atoms with Gasteiger partial charge in [-0.3, -0.25) is 14.8 Å². The maximum absolute atomic E-state index is 11.2. The van der Waals surface area contributed by atoms with Crippen molar-refractivity contribution in [2.75, 3.05) is 0 Å². The van der Waals surface area contributed by atoms with Crippen LogP contribution in [-0.2, 0) is 0 Å². The minimum atomic E-state index is -0.272. The van der Waals surface area contributed by atoms with Crippen molar-refractivity contribution in [1.29, 1.82) is 0 Å². The van der Waals surface area contributed by atoms with Crippen LogP contribution in [0.3, 0.4) is 0 Å². The fraction of sp³-hybridized carbons (Fsp3) is 0.0769. The van der Waals surface area contributed by atoms with Crippen molar-refractivity contribution in [3.63, 3.8) is 0 Å². The SMILES string of the molecule is CC1=Nc2ccc(Br)cc2/C1=C/c1sc(=O)[nH]c1O. The Kier molecular flexibility index (Phi) is 2.91. The van der Waals surface area contributed by atoms with Gasteiger partial charge in [-0.05, 0) is 31.2 Å². The molecule has 1 aromatic carbocycles. The minimum Gasteiger partial charge on any atom is -0.493 e. The van der Waals surface area contributed by atoms with E-state index in [2.05, 4.69) is 25.9 Å². The highest BCUT2D eigenvalue weighted by molar-refractivity contribution is 9.10. The quantitative estimate of drug-likeness (QED) is 0.836. The van der Waals surface area contributed by atoms with E-state index in [0.29, 0.717) is 4.88 Å². The number of hydrogen-bond acceptors (Lipinski definition) is 4. The summed E-state index contributed by atoms with van der Waals surface area (Å²) in [5.41, 5.74) is 3.68. The van der Waals surface area contributed by atoms with Crippen LogP contribution in [0, 0.1) is 0 Å². The zero-order chi connectivity index (χ0) is 13.6. The average molecular weight is 337 g/mol. The van der Waals surface area contributed by atoms with Crippen LogP contribution in [0.2, 0.25) is 0 Å². The highest BCUT2D eigenvalue weighted by atomic mass is 79.9. The number of aromatic nitrogens is 1. The van der Waals surface area contributed by atoms with Crippen LogP contribution in [0.25, 0.3) is 11.6 Å². The summed E-state index contributed by atoms with van der Waals surface area (Å²) in [6.07, 6.45) is 1.79. The lowest BCUT2D eigenvalue weighted by Crippen LogP contribution is -1.89. The summed E-state index contributed by atoms with van der Waals surface area (Å²) < 4.78 is 0.966. The third-order valence-corrected chi connectivity index (χ3v) is 4.17. The second kappa shape index (κ2) is 4.47. The number of H-pyrrole nitrogens is 1. The van der Waals surface area contributed by atoms with E-state index in [-0.39, 0.29) is 10.8 Å². The third kappa shape index (κ3) is 2.17. The van der Waals surface area contributed by atoms with Gasteiger partial charge in [-0.1, -0.05) is 27.3 Å². The van der Waals surface area contributed by atoms with Crippen molar-refractivity contribution < 1.29 is 5.11 Å². The predicted octanol–water partition coefficient (Wildman–Crippen LogP) is 3.55. The highest BCUT2D eigenvalue weighted by Crippen LogP contribution is 2.38. The Bertz CT molecular complexity index is 786. The lowest BCUT2D eigenvalue weighted by Gasteiger charge is -2.01. The van der Waals surface area contributed by atoms with Crippen LogP contribution >= 0.6 is 27.3 Å². The molecule has 1 aliphatic rings. The van der Waals surface area contributed by atoms with Crippen LogP contribution in [-0.4, -0.2) is 15.8 Å². The Hall–Kier alpha value is -1.66. The number of thiazole rings is 1. The molecule has 0 amide bonds. The molecule has 0 radical (unpaired) electrons. The molecular formula is C13H9BrN2O2S. The molecule has 0 saturated heterocycles. The number of aromatic amines is 1. The fourth-order valence-electron chi connectivity index (χ4n) is 2.00. The maximum Gasteiger partial charge on any atom is 0.307 e. The number of fused-ring (bicyclic) bond motifs is 1. The normalized spacial score (nSPS) is 15.7. The number of halogens is 1. The van der Waals surface area contributed by atoms with Gasteiger partial charge in [0.25, 0.3) is 0 Å². The van der Waals surface area contributed by atoms with Gasteiger partial charge in [0.2, 0.25) is 5.88 Å². The molecule has 2 aromatic rings. The van der Waals surface area contributed by atoms with Gasteiger partial charge in [-0.2, -0.15) is 0 Å². The second-order valence-electron chi connectivity index (χ2n) is 4.14. The first-order chi connectivity index (χ1) is 9.04. The number of nitrogens with one attached hydrogen (secondary N) is 1. The van der Waals surface area contributed by atoms with E-state index in [1.165, 1.54) is 0 Å².